The average Bonchev–Trinajstić information content (AvgIpc) is 2.54. The Labute approximate surface area is 147 Å². The molecule has 0 spiro atoms. The first-order valence-electron chi connectivity index (χ1n) is 7.84. The van der Waals surface area contributed by atoms with Crippen molar-refractivity contribution in [1.82, 2.24) is 0 Å². The molecule has 0 atom stereocenters. The number of hydrogen-bond acceptors (Lipinski definition) is 3. The highest BCUT2D eigenvalue weighted by Gasteiger charge is 2.24. The SMILES string of the molecule is CCc1cccc(C)c1N(CC(=O)Nc1ccc(F)cc1)S(C)(=O)=O. The molecule has 2 aromatic rings. The van der Waals surface area contributed by atoms with E-state index in [0.717, 1.165) is 21.7 Å². The standard InChI is InChI=1S/C18H21FN2O3S/c1-4-14-7-5-6-13(2)18(14)21(25(3,23)24)12-17(22)20-16-10-8-15(19)9-11-16/h5-11H,4,12H2,1-3H3,(H,20,22). The highest BCUT2D eigenvalue weighted by molar-refractivity contribution is 7.92. The van der Waals surface area contributed by atoms with Crippen LogP contribution in [-0.4, -0.2) is 27.1 Å². The lowest BCUT2D eigenvalue weighted by atomic mass is 10.1. The molecular formula is C18H21FN2O3S. The number of benzene rings is 2. The second kappa shape index (κ2) is 7.65. The van der Waals surface area contributed by atoms with Gasteiger partial charge in [0.25, 0.3) is 0 Å². The molecule has 7 heteroatoms. The Bertz CT molecular complexity index is 864. The monoisotopic (exact) mass is 364 g/mol. The van der Waals surface area contributed by atoms with Crippen LogP contribution in [0.5, 0.6) is 0 Å². The maximum atomic E-state index is 12.9. The number of carbonyl (C=O) groups excluding carboxylic acids is 1. The minimum atomic E-state index is -3.65. The van der Waals surface area contributed by atoms with Gasteiger partial charge in [-0.3, -0.25) is 9.10 Å². The number of nitrogens with one attached hydrogen (secondary N) is 1. The second-order valence-corrected chi connectivity index (χ2v) is 7.67. The molecule has 0 fully saturated rings. The van der Waals surface area contributed by atoms with Crippen LogP contribution >= 0.6 is 0 Å². The summed E-state index contributed by atoms with van der Waals surface area (Å²) in [6.45, 7) is 3.38. The highest BCUT2D eigenvalue weighted by atomic mass is 32.2. The van der Waals surface area contributed by atoms with Crippen molar-refractivity contribution in [3.63, 3.8) is 0 Å². The number of para-hydroxylation sites is 1. The maximum Gasteiger partial charge on any atom is 0.245 e. The van der Waals surface area contributed by atoms with Crippen LogP contribution in [0.2, 0.25) is 0 Å². The number of rotatable bonds is 6. The summed E-state index contributed by atoms with van der Waals surface area (Å²) in [4.78, 5) is 12.3. The summed E-state index contributed by atoms with van der Waals surface area (Å²) >= 11 is 0. The molecule has 0 bridgehead atoms. The number of nitrogens with zero attached hydrogens (tertiary/aromatic N) is 1. The van der Waals surface area contributed by atoms with Crippen molar-refractivity contribution in [3.8, 4) is 0 Å². The topological polar surface area (TPSA) is 66.5 Å². The van der Waals surface area contributed by atoms with Crippen molar-refractivity contribution in [2.24, 2.45) is 0 Å². The summed E-state index contributed by atoms with van der Waals surface area (Å²) in [7, 11) is -3.65. The Morgan fingerprint density at radius 2 is 1.80 bits per heavy atom. The molecule has 25 heavy (non-hydrogen) atoms. The fourth-order valence-electron chi connectivity index (χ4n) is 2.59. The molecule has 1 N–H and O–H groups in total. The van der Waals surface area contributed by atoms with Crippen LogP contribution in [0.4, 0.5) is 15.8 Å². The molecule has 2 rings (SSSR count). The number of anilines is 2. The first kappa shape index (κ1) is 18.9. The van der Waals surface area contributed by atoms with Gasteiger partial charge in [0, 0.05) is 5.69 Å². The fourth-order valence-corrected chi connectivity index (χ4v) is 3.53. The van der Waals surface area contributed by atoms with Gasteiger partial charge in [-0.1, -0.05) is 25.1 Å². The van der Waals surface area contributed by atoms with E-state index >= 15 is 0 Å². The van der Waals surface area contributed by atoms with Gasteiger partial charge in [0.1, 0.15) is 12.4 Å². The first-order chi connectivity index (χ1) is 11.7. The van der Waals surface area contributed by atoms with Crippen LogP contribution in [-0.2, 0) is 21.2 Å². The smallest absolute Gasteiger partial charge is 0.245 e. The van der Waals surface area contributed by atoms with Crippen molar-refractivity contribution in [2.45, 2.75) is 20.3 Å². The molecule has 0 aliphatic rings. The van der Waals surface area contributed by atoms with Crippen molar-refractivity contribution >= 4 is 27.3 Å². The van der Waals surface area contributed by atoms with E-state index in [1.165, 1.54) is 24.3 Å². The van der Waals surface area contributed by atoms with Crippen molar-refractivity contribution in [1.29, 1.82) is 0 Å². The quantitative estimate of drug-likeness (QED) is 0.856. The third-order valence-corrected chi connectivity index (χ3v) is 4.88. The highest BCUT2D eigenvalue weighted by Crippen LogP contribution is 2.27. The number of halogens is 1. The van der Waals surface area contributed by atoms with Crippen LogP contribution in [0.25, 0.3) is 0 Å². The Morgan fingerprint density at radius 3 is 2.36 bits per heavy atom. The van der Waals surface area contributed by atoms with E-state index in [1.54, 1.807) is 0 Å². The lowest BCUT2D eigenvalue weighted by Crippen LogP contribution is -2.38. The van der Waals surface area contributed by atoms with Gasteiger partial charge in [-0.25, -0.2) is 12.8 Å². The predicted molar refractivity (Wildman–Crippen MR) is 97.8 cm³/mol. The normalized spacial score (nSPS) is 11.2. The van der Waals surface area contributed by atoms with Gasteiger partial charge in [0.15, 0.2) is 0 Å². The first-order valence-corrected chi connectivity index (χ1v) is 9.69. The number of aryl methyl sites for hydroxylation is 2. The van der Waals surface area contributed by atoms with Crippen LogP contribution in [0.1, 0.15) is 18.1 Å². The van der Waals surface area contributed by atoms with Crippen LogP contribution in [0.3, 0.4) is 0 Å². The molecule has 0 saturated heterocycles. The Kier molecular flexibility index (Phi) is 5.79. The van der Waals surface area contributed by atoms with Gasteiger partial charge in [-0.15, -0.1) is 0 Å². The zero-order valence-electron chi connectivity index (χ0n) is 14.4. The molecule has 0 saturated carbocycles. The van der Waals surface area contributed by atoms with Crippen molar-refractivity contribution in [2.75, 3.05) is 22.4 Å². The van der Waals surface area contributed by atoms with Gasteiger partial charge in [0.05, 0.1) is 11.9 Å². The van der Waals surface area contributed by atoms with Gasteiger partial charge in [-0.2, -0.15) is 0 Å². The lowest BCUT2D eigenvalue weighted by Gasteiger charge is -2.26. The molecule has 1 amide bonds. The molecule has 2 aromatic carbocycles. The van der Waals surface area contributed by atoms with E-state index in [0.29, 0.717) is 17.8 Å². The number of amides is 1. The summed E-state index contributed by atoms with van der Waals surface area (Å²) in [5, 5.41) is 2.59. The molecule has 5 nitrogen and oxygen atoms in total. The fraction of sp³-hybridized carbons (Fsp3) is 0.278. The number of sulfonamides is 1. The summed E-state index contributed by atoms with van der Waals surface area (Å²) in [5.74, 6) is -0.911. The minimum Gasteiger partial charge on any atom is -0.325 e. The van der Waals surface area contributed by atoms with E-state index in [4.69, 9.17) is 0 Å². The molecular weight excluding hydrogens is 343 g/mol. The molecule has 0 aliphatic carbocycles. The van der Waals surface area contributed by atoms with Gasteiger partial charge >= 0.3 is 0 Å². The molecule has 0 radical (unpaired) electrons. The van der Waals surface area contributed by atoms with E-state index in [-0.39, 0.29) is 6.54 Å². The molecule has 0 unspecified atom stereocenters. The number of hydrogen-bond donors (Lipinski definition) is 1. The minimum absolute atomic E-state index is 0.353. The Hall–Kier alpha value is -2.41. The molecule has 0 aliphatic heterocycles. The Balaban J connectivity index is 2.31. The summed E-state index contributed by atoms with van der Waals surface area (Å²) < 4.78 is 38.6. The third kappa shape index (κ3) is 4.79. The predicted octanol–water partition coefficient (Wildman–Crippen LogP) is 3.10. The second-order valence-electron chi connectivity index (χ2n) is 5.76. The van der Waals surface area contributed by atoms with Crippen LogP contribution < -0.4 is 9.62 Å². The van der Waals surface area contributed by atoms with Gasteiger partial charge in [0.2, 0.25) is 15.9 Å². The van der Waals surface area contributed by atoms with E-state index < -0.39 is 21.7 Å². The Morgan fingerprint density at radius 1 is 1.16 bits per heavy atom. The zero-order valence-corrected chi connectivity index (χ0v) is 15.2. The largest absolute Gasteiger partial charge is 0.325 e. The van der Waals surface area contributed by atoms with Gasteiger partial charge in [-0.05, 0) is 48.7 Å². The molecule has 0 heterocycles. The zero-order chi connectivity index (χ0) is 18.6. The summed E-state index contributed by atoms with van der Waals surface area (Å²) in [5.41, 5.74) is 2.56. The average molecular weight is 364 g/mol. The number of carbonyl (C=O) groups is 1. The van der Waals surface area contributed by atoms with E-state index in [1.807, 2.05) is 32.0 Å². The third-order valence-electron chi connectivity index (χ3n) is 3.77. The van der Waals surface area contributed by atoms with Crippen molar-refractivity contribution < 1.29 is 17.6 Å². The maximum absolute atomic E-state index is 12.9. The van der Waals surface area contributed by atoms with Crippen LogP contribution in [0.15, 0.2) is 42.5 Å². The molecule has 134 valence electrons. The lowest BCUT2D eigenvalue weighted by molar-refractivity contribution is -0.114. The van der Waals surface area contributed by atoms with E-state index in [2.05, 4.69) is 5.32 Å². The summed E-state index contributed by atoms with van der Waals surface area (Å²) in [6, 6.07) is 10.8. The van der Waals surface area contributed by atoms with Crippen molar-refractivity contribution in [3.05, 3.63) is 59.4 Å². The molecule has 0 aromatic heterocycles. The van der Waals surface area contributed by atoms with Crippen LogP contribution in [0, 0.1) is 12.7 Å². The summed E-state index contributed by atoms with van der Waals surface area (Å²) in [6.07, 6.45) is 1.71. The van der Waals surface area contributed by atoms with E-state index in [9.17, 15) is 17.6 Å². The van der Waals surface area contributed by atoms with Gasteiger partial charge < -0.3 is 5.32 Å².